The summed E-state index contributed by atoms with van der Waals surface area (Å²) in [6.07, 6.45) is 0.579. The van der Waals surface area contributed by atoms with E-state index in [1.807, 2.05) is 20.8 Å². The van der Waals surface area contributed by atoms with Crippen molar-refractivity contribution in [2.75, 3.05) is 13.2 Å². The van der Waals surface area contributed by atoms with Crippen LogP contribution in [-0.2, 0) is 4.79 Å². The first kappa shape index (κ1) is 15.5. The first-order valence-corrected chi connectivity index (χ1v) is 6.69. The fourth-order valence-electron chi connectivity index (χ4n) is 2.26. The van der Waals surface area contributed by atoms with Crippen LogP contribution in [0.25, 0.3) is 0 Å². The van der Waals surface area contributed by atoms with Crippen molar-refractivity contribution >= 4 is 5.91 Å². The third-order valence-electron chi connectivity index (χ3n) is 3.05. The van der Waals surface area contributed by atoms with Crippen LogP contribution in [0.15, 0.2) is 12.1 Å². The number of hydrogen-bond donors (Lipinski definition) is 2. The molecule has 0 aliphatic rings. The van der Waals surface area contributed by atoms with Crippen LogP contribution < -0.4 is 15.8 Å². The zero-order valence-electron chi connectivity index (χ0n) is 12.2. The lowest BCUT2D eigenvalue weighted by Crippen LogP contribution is -2.42. The Balaban J connectivity index is 2.60. The maximum absolute atomic E-state index is 11.2. The Kier molecular flexibility index (Phi) is 5.83. The SMILES string of the molecule is CCNC(CCOc1c(C)cc(C)cc1C)C(N)=O. The van der Waals surface area contributed by atoms with E-state index in [-0.39, 0.29) is 11.9 Å². The number of hydrogen-bond acceptors (Lipinski definition) is 3. The van der Waals surface area contributed by atoms with E-state index in [9.17, 15) is 4.79 Å². The molecule has 0 aliphatic carbocycles. The number of likely N-dealkylation sites (N-methyl/N-ethyl adjacent to an activating group) is 1. The number of amides is 1. The van der Waals surface area contributed by atoms with Crippen LogP contribution in [0.5, 0.6) is 5.75 Å². The first-order valence-electron chi connectivity index (χ1n) is 6.69. The van der Waals surface area contributed by atoms with Crippen molar-refractivity contribution in [2.45, 2.75) is 40.2 Å². The average Bonchev–Trinajstić information content (AvgIpc) is 2.30. The summed E-state index contributed by atoms with van der Waals surface area (Å²) in [5.74, 6) is 0.577. The lowest BCUT2D eigenvalue weighted by molar-refractivity contribution is -0.120. The molecule has 1 amide bonds. The van der Waals surface area contributed by atoms with Crippen molar-refractivity contribution in [1.29, 1.82) is 0 Å². The number of carbonyl (C=O) groups excluding carboxylic acids is 1. The zero-order chi connectivity index (χ0) is 14.4. The maximum atomic E-state index is 11.2. The van der Waals surface area contributed by atoms with Crippen LogP contribution in [0.2, 0.25) is 0 Å². The van der Waals surface area contributed by atoms with Crippen LogP contribution in [0.1, 0.15) is 30.0 Å². The summed E-state index contributed by atoms with van der Waals surface area (Å²) >= 11 is 0. The monoisotopic (exact) mass is 264 g/mol. The zero-order valence-corrected chi connectivity index (χ0v) is 12.2. The van der Waals surface area contributed by atoms with Crippen LogP contribution in [-0.4, -0.2) is 25.1 Å². The van der Waals surface area contributed by atoms with Crippen molar-refractivity contribution in [3.05, 3.63) is 28.8 Å². The molecule has 0 aliphatic heterocycles. The number of aryl methyl sites for hydroxylation is 3. The molecule has 3 N–H and O–H groups in total. The number of primary amides is 1. The Morgan fingerprint density at radius 3 is 2.37 bits per heavy atom. The Bertz CT molecular complexity index is 421. The Labute approximate surface area is 115 Å². The summed E-state index contributed by atoms with van der Waals surface area (Å²) in [4.78, 5) is 11.2. The normalized spacial score (nSPS) is 12.2. The van der Waals surface area contributed by atoms with E-state index < -0.39 is 0 Å². The maximum Gasteiger partial charge on any atom is 0.234 e. The van der Waals surface area contributed by atoms with Crippen molar-refractivity contribution in [1.82, 2.24) is 5.32 Å². The van der Waals surface area contributed by atoms with Crippen molar-refractivity contribution in [3.8, 4) is 5.75 Å². The smallest absolute Gasteiger partial charge is 0.234 e. The molecule has 4 heteroatoms. The van der Waals surface area contributed by atoms with Gasteiger partial charge in [-0.1, -0.05) is 24.6 Å². The summed E-state index contributed by atoms with van der Waals surface area (Å²) in [5, 5.41) is 3.05. The lowest BCUT2D eigenvalue weighted by Gasteiger charge is -2.17. The molecule has 19 heavy (non-hydrogen) atoms. The van der Waals surface area contributed by atoms with Gasteiger partial charge in [-0.05, 0) is 38.4 Å². The number of rotatable bonds is 7. The number of ether oxygens (including phenoxy) is 1. The molecule has 1 atom stereocenters. The highest BCUT2D eigenvalue weighted by molar-refractivity contribution is 5.79. The molecule has 0 spiro atoms. The Morgan fingerprint density at radius 2 is 1.89 bits per heavy atom. The van der Waals surface area contributed by atoms with Crippen molar-refractivity contribution < 1.29 is 9.53 Å². The summed E-state index contributed by atoms with van der Waals surface area (Å²) in [6.45, 7) is 9.28. The molecule has 1 aromatic carbocycles. The van der Waals surface area contributed by atoms with Gasteiger partial charge in [0.2, 0.25) is 5.91 Å². The molecule has 0 aromatic heterocycles. The third kappa shape index (κ3) is 4.56. The van der Waals surface area contributed by atoms with Gasteiger partial charge in [-0.15, -0.1) is 0 Å². The predicted molar refractivity (Wildman–Crippen MR) is 77.4 cm³/mol. The summed E-state index contributed by atoms with van der Waals surface area (Å²) in [7, 11) is 0. The molecule has 1 rings (SSSR count). The predicted octanol–water partition coefficient (Wildman–Crippen LogP) is 1.84. The van der Waals surface area contributed by atoms with Gasteiger partial charge in [0.05, 0.1) is 12.6 Å². The van der Waals surface area contributed by atoms with Crippen LogP contribution in [0.4, 0.5) is 0 Å². The topological polar surface area (TPSA) is 64.3 Å². The van der Waals surface area contributed by atoms with Gasteiger partial charge in [-0.3, -0.25) is 4.79 Å². The second kappa shape index (κ2) is 7.14. The molecule has 0 saturated carbocycles. The van der Waals surface area contributed by atoms with E-state index in [0.717, 1.165) is 23.4 Å². The summed E-state index contributed by atoms with van der Waals surface area (Å²) in [5.41, 5.74) is 8.80. The number of benzene rings is 1. The van der Waals surface area contributed by atoms with Gasteiger partial charge in [0.25, 0.3) is 0 Å². The summed E-state index contributed by atoms with van der Waals surface area (Å²) in [6, 6.07) is 3.87. The Hall–Kier alpha value is -1.55. The molecule has 0 heterocycles. The second-order valence-electron chi connectivity index (χ2n) is 4.88. The van der Waals surface area contributed by atoms with Gasteiger partial charge in [-0.25, -0.2) is 0 Å². The molecule has 0 bridgehead atoms. The lowest BCUT2D eigenvalue weighted by atomic mass is 10.1. The number of nitrogens with two attached hydrogens (primary N) is 1. The van der Waals surface area contributed by atoms with Crippen molar-refractivity contribution in [3.63, 3.8) is 0 Å². The Morgan fingerprint density at radius 1 is 1.32 bits per heavy atom. The highest BCUT2D eigenvalue weighted by Gasteiger charge is 2.14. The first-order chi connectivity index (χ1) is 8.95. The average molecular weight is 264 g/mol. The van der Waals surface area contributed by atoms with Crippen LogP contribution >= 0.6 is 0 Å². The quantitative estimate of drug-likeness (QED) is 0.790. The highest BCUT2D eigenvalue weighted by atomic mass is 16.5. The minimum absolute atomic E-state index is 0.323. The van der Waals surface area contributed by atoms with E-state index in [1.54, 1.807) is 0 Å². The molecule has 4 nitrogen and oxygen atoms in total. The fourth-order valence-corrected chi connectivity index (χ4v) is 2.26. The minimum Gasteiger partial charge on any atom is -0.493 e. The highest BCUT2D eigenvalue weighted by Crippen LogP contribution is 2.24. The largest absolute Gasteiger partial charge is 0.493 e. The van der Waals surface area contributed by atoms with Gasteiger partial charge in [0.1, 0.15) is 5.75 Å². The second-order valence-corrected chi connectivity index (χ2v) is 4.88. The van der Waals surface area contributed by atoms with Gasteiger partial charge in [0, 0.05) is 6.42 Å². The van der Waals surface area contributed by atoms with E-state index in [4.69, 9.17) is 10.5 Å². The third-order valence-corrected chi connectivity index (χ3v) is 3.05. The van der Waals surface area contributed by atoms with E-state index in [2.05, 4.69) is 24.4 Å². The molecule has 0 saturated heterocycles. The van der Waals surface area contributed by atoms with Crippen LogP contribution in [0, 0.1) is 20.8 Å². The van der Waals surface area contributed by atoms with E-state index >= 15 is 0 Å². The molecular formula is C15H24N2O2. The molecule has 106 valence electrons. The van der Waals surface area contributed by atoms with Gasteiger partial charge in [0.15, 0.2) is 0 Å². The van der Waals surface area contributed by atoms with Crippen molar-refractivity contribution in [2.24, 2.45) is 5.73 Å². The van der Waals surface area contributed by atoms with Gasteiger partial charge < -0.3 is 15.8 Å². The molecule has 0 radical (unpaired) electrons. The standard InChI is InChI=1S/C15H24N2O2/c1-5-17-13(15(16)18)6-7-19-14-11(3)8-10(2)9-12(14)4/h8-9,13,17H,5-7H2,1-4H3,(H2,16,18). The summed E-state index contributed by atoms with van der Waals surface area (Å²) < 4.78 is 5.80. The number of carbonyl (C=O) groups is 1. The fraction of sp³-hybridized carbons (Fsp3) is 0.533. The molecule has 0 fully saturated rings. The van der Waals surface area contributed by atoms with Gasteiger partial charge in [-0.2, -0.15) is 0 Å². The number of nitrogens with one attached hydrogen (secondary N) is 1. The van der Waals surface area contributed by atoms with E-state index in [1.165, 1.54) is 5.56 Å². The molecular weight excluding hydrogens is 240 g/mol. The van der Waals surface area contributed by atoms with Gasteiger partial charge >= 0.3 is 0 Å². The molecule has 1 unspecified atom stereocenters. The van der Waals surface area contributed by atoms with E-state index in [0.29, 0.717) is 13.0 Å². The minimum atomic E-state index is -0.331. The van der Waals surface area contributed by atoms with Crippen LogP contribution in [0.3, 0.4) is 0 Å². The molecule has 1 aromatic rings.